The molecule has 0 aliphatic carbocycles. The Labute approximate surface area is 201 Å². The fourth-order valence-corrected chi connectivity index (χ4v) is 2.91. The summed E-state index contributed by atoms with van der Waals surface area (Å²) in [6, 6.07) is 2.91. The van der Waals surface area contributed by atoms with Crippen LogP contribution < -0.4 is 21.8 Å². The maximum Gasteiger partial charge on any atom is 0.430 e. The van der Waals surface area contributed by atoms with Crippen LogP contribution in [0.3, 0.4) is 0 Å². The molecule has 2 rings (SSSR count). The minimum Gasteiger partial charge on any atom is -0.475 e. The fraction of sp³-hybridized carbons (Fsp3) is 0.571. The van der Waals surface area contributed by atoms with Crippen LogP contribution in [0.1, 0.15) is 45.7 Å². The van der Waals surface area contributed by atoms with Crippen LogP contribution in [0.4, 0.5) is 13.2 Å². The number of benzene rings is 1. The molecule has 1 heterocycles. The highest BCUT2D eigenvalue weighted by Crippen LogP contribution is 2.42. The number of hydrogen-bond donors (Lipinski definition) is 5. The maximum atomic E-state index is 13.3. The normalized spacial score (nSPS) is 15.5. The summed E-state index contributed by atoms with van der Waals surface area (Å²) >= 11 is 6.22. The summed E-state index contributed by atoms with van der Waals surface area (Å²) < 4.78 is 49.6. The quantitative estimate of drug-likeness (QED) is 0.227. The Morgan fingerprint density at radius 3 is 2.18 bits per heavy atom. The third-order valence-corrected chi connectivity index (χ3v) is 4.92. The third kappa shape index (κ3) is 9.37. The van der Waals surface area contributed by atoms with Crippen LogP contribution >= 0.6 is 11.6 Å². The zero-order valence-electron chi connectivity index (χ0n) is 20.0. The van der Waals surface area contributed by atoms with Gasteiger partial charge in [0.1, 0.15) is 5.75 Å². The monoisotopic (exact) mass is 516 g/mol. The number of esters is 1. The number of fused-ring (bicyclic) bond motifs is 1. The zero-order chi connectivity index (χ0) is 26.9. The number of halogens is 4. The van der Waals surface area contributed by atoms with Gasteiger partial charge in [0.15, 0.2) is 0 Å². The first kappa shape index (κ1) is 32.1. The molecule has 1 aromatic carbocycles. The predicted molar refractivity (Wildman–Crippen MR) is 120 cm³/mol. The largest absolute Gasteiger partial charge is 0.475 e. The second-order valence-corrected chi connectivity index (χ2v) is 9.17. The van der Waals surface area contributed by atoms with E-state index in [2.05, 4.69) is 20.8 Å². The minimum atomic E-state index is -4.81. The lowest BCUT2D eigenvalue weighted by molar-refractivity contribution is -0.670. The first-order valence-electron chi connectivity index (χ1n) is 9.96. The van der Waals surface area contributed by atoms with Gasteiger partial charge in [-0.3, -0.25) is 4.84 Å². The van der Waals surface area contributed by atoms with Gasteiger partial charge < -0.3 is 19.9 Å². The molecule has 1 aliphatic rings. The van der Waals surface area contributed by atoms with E-state index in [4.69, 9.17) is 32.5 Å². The molecule has 0 fully saturated rings. The molecule has 34 heavy (non-hydrogen) atoms. The Morgan fingerprint density at radius 2 is 1.79 bits per heavy atom. The first-order valence-corrected chi connectivity index (χ1v) is 10.3. The molecule has 1 aromatic rings. The molecule has 196 valence electrons. The van der Waals surface area contributed by atoms with Crippen molar-refractivity contribution in [1.82, 2.24) is 5.32 Å². The van der Waals surface area contributed by atoms with Crippen LogP contribution in [0.25, 0.3) is 6.08 Å². The van der Waals surface area contributed by atoms with E-state index in [1.807, 2.05) is 41.7 Å². The molecule has 0 saturated carbocycles. The summed E-state index contributed by atoms with van der Waals surface area (Å²) in [5.74, 6) is 5.71. The van der Waals surface area contributed by atoms with Gasteiger partial charge in [0.05, 0.1) is 12.2 Å². The van der Waals surface area contributed by atoms with E-state index >= 15 is 0 Å². The topological polar surface area (TPSA) is 151 Å². The summed E-state index contributed by atoms with van der Waals surface area (Å²) in [6.45, 7) is 8.99. The van der Waals surface area contributed by atoms with E-state index in [9.17, 15) is 18.0 Å². The van der Waals surface area contributed by atoms with Crippen molar-refractivity contribution in [2.45, 2.75) is 57.9 Å². The van der Waals surface area contributed by atoms with Gasteiger partial charge in [-0.1, -0.05) is 32.4 Å². The summed E-state index contributed by atoms with van der Waals surface area (Å²) in [6.07, 6.45) is -6.22. The van der Waals surface area contributed by atoms with Crippen LogP contribution in [-0.2, 0) is 19.8 Å². The molecule has 9 nitrogen and oxygen atoms in total. The second-order valence-electron chi connectivity index (χ2n) is 8.77. The van der Waals surface area contributed by atoms with E-state index in [0.717, 1.165) is 6.08 Å². The SMILES string of the molecule is CC(C)(C)c1cc2c(cc1Cl)C=C(C(=O)OCON)C(C(F)(F)F)O2.CNC(C)(C)CO.[NH3+]O. The smallest absolute Gasteiger partial charge is 0.430 e. The van der Waals surface area contributed by atoms with Gasteiger partial charge in [0.25, 0.3) is 0 Å². The number of nitrogens with one attached hydrogen (secondary N) is 1. The highest BCUT2D eigenvalue weighted by Gasteiger charge is 2.49. The van der Waals surface area contributed by atoms with E-state index in [1.54, 1.807) is 0 Å². The molecule has 8 N–H and O–H groups in total. The van der Waals surface area contributed by atoms with Gasteiger partial charge in [0, 0.05) is 16.1 Å². The lowest BCUT2D eigenvalue weighted by Gasteiger charge is -2.30. The van der Waals surface area contributed by atoms with Gasteiger partial charge in [0.2, 0.25) is 12.9 Å². The Bertz CT molecular complexity index is 836. The fourth-order valence-electron chi connectivity index (χ4n) is 2.45. The molecular formula is C21H34ClF3N3O6+. The lowest BCUT2D eigenvalue weighted by atomic mass is 9.85. The average Bonchev–Trinajstić information content (AvgIpc) is 2.76. The minimum absolute atomic E-state index is 0.0109. The number of likely N-dealkylation sites (N-methyl/N-ethyl adjacent to an activating group) is 1. The molecular weight excluding hydrogens is 483 g/mol. The Hall–Kier alpha value is -1.93. The van der Waals surface area contributed by atoms with Gasteiger partial charge in [-0.2, -0.15) is 13.2 Å². The van der Waals surface area contributed by atoms with Crippen LogP contribution in [0.15, 0.2) is 17.7 Å². The van der Waals surface area contributed by atoms with Crippen molar-refractivity contribution in [3.8, 4) is 5.75 Å². The van der Waals surface area contributed by atoms with Crippen molar-refractivity contribution in [3.05, 3.63) is 33.9 Å². The molecule has 13 heteroatoms. The number of hydrogen-bond acceptors (Lipinski definition) is 8. The number of ether oxygens (including phenoxy) is 2. The van der Waals surface area contributed by atoms with Crippen molar-refractivity contribution in [2.75, 3.05) is 20.4 Å². The van der Waals surface area contributed by atoms with Crippen LogP contribution in [0.5, 0.6) is 5.75 Å². The number of quaternary nitrogens is 1. The zero-order valence-corrected chi connectivity index (χ0v) is 20.8. The molecule has 1 unspecified atom stereocenters. The van der Waals surface area contributed by atoms with E-state index in [0.29, 0.717) is 10.6 Å². The standard InChI is InChI=1S/C16H17ClF3NO4.C5H13NO.H4NO/c1-15(2,3)10-6-12-8(5-11(10)17)4-9(14(22)23-7-24-21)13(25-12)16(18,19)20;1-5(2,4-7)6-3;1-2/h4-6,13H,7,21H2,1-3H3;6-7H,4H2,1-3H3;2H,1H3/q;;+1. The number of rotatable bonds is 5. The van der Waals surface area contributed by atoms with E-state index in [-0.39, 0.29) is 23.5 Å². The Kier molecular flexibility index (Phi) is 12.5. The van der Waals surface area contributed by atoms with Crippen LogP contribution in [0.2, 0.25) is 5.02 Å². The van der Waals surface area contributed by atoms with Crippen LogP contribution in [-0.4, -0.2) is 54.5 Å². The molecule has 0 saturated heterocycles. The van der Waals surface area contributed by atoms with Gasteiger partial charge in [-0.05, 0) is 50.1 Å². The molecule has 0 amide bonds. The van der Waals surface area contributed by atoms with Gasteiger partial charge in [-0.15, -0.1) is 0 Å². The summed E-state index contributed by atoms with van der Waals surface area (Å²) in [5.41, 5.74) is -0.342. The van der Waals surface area contributed by atoms with Crippen molar-refractivity contribution in [2.24, 2.45) is 5.90 Å². The van der Waals surface area contributed by atoms with Crippen molar-refractivity contribution < 1.29 is 48.5 Å². The molecule has 0 bridgehead atoms. The van der Waals surface area contributed by atoms with Crippen LogP contribution in [0, 0.1) is 0 Å². The van der Waals surface area contributed by atoms with Gasteiger partial charge in [-0.25, -0.2) is 21.8 Å². The first-order chi connectivity index (χ1) is 15.6. The number of nitrogens with two attached hydrogens (primary N) is 1. The van der Waals surface area contributed by atoms with E-state index < -0.39 is 36.0 Å². The number of alkyl halides is 3. The van der Waals surface area contributed by atoms with E-state index in [1.165, 1.54) is 12.1 Å². The third-order valence-electron chi connectivity index (χ3n) is 4.61. The molecule has 0 radical (unpaired) electrons. The highest BCUT2D eigenvalue weighted by molar-refractivity contribution is 6.31. The molecule has 1 aliphatic heterocycles. The maximum absolute atomic E-state index is 13.3. The average molecular weight is 517 g/mol. The Balaban J connectivity index is 0.00000104. The molecule has 0 aromatic heterocycles. The van der Waals surface area contributed by atoms with Crippen molar-refractivity contribution >= 4 is 23.6 Å². The lowest BCUT2D eigenvalue weighted by Crippen LogP contribution is -2.42. The number of aliphatic hydroxyl groups excluding tert-OH is 1. The highest BCUT2D eigenvalue weighted by atomic mass is 35.5. The molecule has 1 atom stereocenters. The summed E-state index contributed by atoms with van der Waals surface area (Å²) in [4.78, 5) is 15.9. The second kappa shape index (κ2) is 13.2. The summed E-state index contributed by atoms with van der Waals surface area (Å²) in [5, 5.41) is 18.6. The number of carbonyl (C=O) groups is 1. The van der Waals surface area contributed by atoms with Crippen molar-refractivity contribution in [3.63, 3.8) is 0 Å². The summed E-state index contributed by atoms with van der Waals surface area (Å²) in [7, 11) is 1.83. The Morgan fingerprint density at radius 1 is 1.24 bits per heavy atom. The van der Waals surface area contributed by atoms with Crippen molar-refractivity contribution in [1.29, 1.82) is 0 Å². The molecule has 0 spiro atoms. The van der Waals surface area contributed by atoms with Gasteiger partial charge >= 0.3 is 12.1 Å². The predicted octanol–water partition coefficient (Wildman–Crippen LogP) is 2.33. The number of carbonyl (C=O) groups excluding carboxylic acids is 1. The number of aliphatic hydroxyl groups is 1.